The number of hydrogen-bond donors (Lipinski definition) is 1. The molecule has 36 heavy (non-hydrogen) atoms. The van der Waals surface area contributed by atoms with E-state index < -0.39 is 29.3 Å². The van der Waals surface area contributed by atoms with Crippen LogP contribution in [0.1, 0.15) is 28.5 Å². The Kier molecular flexibility index (Phi) is 6.08. The van der Waals surface area contributed by atoms with Crippen LogP contribution < -0.4 is 9.64 Å². The predicted octanol–water partition coefficient (Wildman–Crippen LogP) is 5.33. The fraction of sp³-hybridized carbons (Fsp3) is 0.107. The van der Waals surface area contributed by atoms with Crippen molar-refractivity contribution in [3.05, 3.63) is 119 Å². The topological polar surface area (TPSA) is 92.9 Å². The Hall–Kier alpha value is -4.72. The number of carbonyl (C=O) groups is 2. The summed E-state index contributed by atoms with van der Waals surface area (Å²) in [6.07, 6.45) is 0. The van der Waals surface area contributed by atoms with Crippen molar-refractivity contribution in [3.63, 3.8) is 0 Å². The van der Waals surface area contributed by atoms with E-state index in [0.29, 0.717) is 23.7 Å². The van der Waals surface area contributed by atoms with Gasteiger partial charge in [0.15, 0.2) is 5.82 Å². The van der Waals surface area contributed by atoms with Crippen LogP contribution in [0.15, 0.2) is 95.0 Å². The van der Waals surface area contributed by atoms with Gasteiger partial charge in [-0.15, -0.1) is 0 Å². The van der Waals surface area contributed by atoms with Crippen molar-refractivity contribution in [2.75, 3.05) is 4.90 Å². The monoisotopic (exact) mass is 484 g/mol. The zero-order valence-electron chi connectivity index (χ0n) is 19.2. The molecule has 1 aromatic heterocycles. The molecule has 0 aliphatic carbocycles. The zero-order chi connectivity index (χ0) is 25.2. The minimum Gasteiger partial charge on any atom is -0.507 e. The van der Waals surface area contributed by atoms with Gasteiger partial charge in [-0.05, 0) is 54.4 Å². The van der Waals surface area contributed by atoms with Crippen LogP contribution in [-0.2, 0) is 16.2 Å². The summed E-state index contributed by atoms with van der Waals surface area (Å²) < 4.78 is 24.4. The summed E-state index contributed by atoms with van der Waals surface area (Å²) in [4.78, 5) is 27.4. The first-order valence-corrected chi connectivity index (χ1v) is 11.2. The van der Waals surface area contributed by atoms with Crippen LogP contribution in [0.2, 0.25) is 0 Å². The number of amides is 1. The van der Waals surface area contributed by atoms with E-state index in [2.05, 4.69) is 5.16 Å². The third-order valence-electron chi connectivity index (χ3n) is 5.87. The van der Waals surface area contributed by atoms with Crippen molar-refractivity contribution >= 4 is 23.3 Å². The van der Waals surface area contributed by atoms with Crippen LogP contribution >= 0.6 is 0 Å². The number of hydrogen-bond acceptors (Lipinski definition) is 6. The molecule has 1 amide bonds. The molecule has 4 aromatic rings. The maximum atomic E-state index is 13.4. The number of aryl methyl sites for hydroxylation is 1. The Morgan fingerprint density at radius 3 is 2.36 bits per heavy atom. The van der Waals surface area contributed by atoms with Gasteiger partial charge in [-0.3, -0.25) is 14.5 Å². The Morgan fingerprint density at radius 1 is 1.03 bits per heavy atom. The molecule has 0 spiro atoms. The summed E-state index contributed by atoms with van der Waals surface area (Å²) in [7, 11) is 0. The molecule has 180 valence electrons. The van der Waals surface area contributed by atoms with Gasteiger partial charge in [0.05, 0.1) is 11.6 Å². The average molecular weight is 484 g/mol. The molecule has 5 rings (SSSR count). The highest BCUT2D eigenvalue weighted by molar-refractivity contribution is 6.51. The minimum atomic E-state index is -0.984. The van der Waals surface area contributed by atoms with Crippen molar-refractivity contribution in [2.24, 2.45) is 0 Å². The maximum Gasteiger partial charge on any atom is 0.301 e. The van der Waals surface area contributed by atoms with Crippen molar-refractivity contribution in [2.45, 2.75) is 19.6 Å². The normalized spacial score (nSPS) is 16.9. The molecule has 0 radical (unpaired) electrons. The average Bonchev–Trinajstić information content (AvgIpc) is 3.44. The Bertz CT molecular complexity index is 1440. The number of aromatic nitrogens is 1. The van der Waals surface area contributed by atoms with Crippen molar-refractivity contribution in [1.29, 1.82) is 0 Å². The SMILES string of the molecule is Cc1cc(N2C(=O)C(=O)/C(=C(/O)c3ccc(F)cc3)[C@H]2c2ccc(OCc3ccccc3)cc2)no1. The Balaban J connectivity index is 1.54. The number of benzene rings is 3. The molecule has 3 aromatic carbocycles. The number of aliphatic hydroxyl groups is 1. The summed E-state index contributed by atoms with van der Waals surface area (Å²) in [5, 5.41) is 15.0. The third kappa shape index (κ3) is 4.36. The van der Waals surface area contributed by atoms with E-state index in [1.54, 1.807) is 31.2 Å². The molecule has 1 aliphatic heterocycles. The first kappa shape index (κ1) is 23.0. The Labute approximate surface area is 206 Å². The second-order valence-electron chi connectivity index (χ2n) is 8.32. The van der Waals surface area contributed by atoms with E-state index >= 15 is 0 Å². The van der Waals surface area contributed by atoms with E-state index in [0.717, 1.165) is 5.56 Å². The second kappa shape index (κ2) is 9.50. The molecule has 1 saturated heterocycles. The summed E-state index contributed by atoms with van der Waals surface area (Å²) in [5.74, 6) is -1.46. The minimum absolute atomic E-state index is 0.134. The quantitative estimate of drug-likeness (QED) is 0.226. The van der Waals surface area contributed by atoms with Gasteiger partial charge in [0.2, 0.25) is 0 Å². The largest absolute Gasteiger partial charge is 0.507 e. The number of anilines is 1. The van der Waals surface area contributed by atoms with E-state index in [1.165, 1.54) is 35.2 Å². The lowest BCUT2D eigenvalue weighted by molar-refractivity contribution is -0.132. The lowest BCUT2D eigenvalue weighted by Gasteiger charge is -2.23. The smallest absolute Gasteiger partial charge is 0.301 e. The number of halogens is 1. The highest BCUT2D eigenvalue weighted by atomic mass is 19.1. The van der Waals surface area contributed by atoms with Crippen LogP contribution in [0, 0.1) is 12.7 Å². The molecular weight excluding hydrogens is 463 g/mol. The van der Waals surface area contributed by atoms with Gasteiger partial charge < -0.3 is 14.4 Å². The summed E-state index contributed by atoms with van der Waals surface area (Å²) >= 11 is 0. The molecule has 1 N–H and O–H groups in total. The molecule has 0 unspecified atom stereocenters. The van der Waals surface area contributed by atoms with E-state index in [1.807, 2.05) is 30.3 Å². The number of Topliss-reactive ketones (excluding diaryl/α,β-unsaturated/α-hetero) is 1. The number of rotatable bonds is 6. The van der Waals surface area contributed by atoms with Crippen molar-refractivity contribution < 1.29 is 28.3 Å². The first-order valence-electron chi connectivity index (χ1n) is 11.2. The highest BCUT2D eigenvalue weighted by Gasteiger charge is 2.48. The van der Waals surface area contributed by atoms with Gasteiger partial charge in [-0.2, -0.15) is 0 Å². The molecule has 1 fully saturated rings. The van der Waals surface area contributed by atoms with Gasteiger partial charge in [-0.25, -0.2) is 4.39 Å². The van der Waals surface area contributed by atoms with Crippen LogP contribution in [0.4, 0.5) is 10.2 Å². The van der Waals surface area contributed by atoms with Crippen LogP contribution in [0.3, 0.4) is 0 Å². The molecule has 1 atom stereocenters. The van der Waals surface area contributed by atoms with Gasteiger partial charge in [0.1, 0.15) is 29.7 Å². The first-order chi connectivity index (χ1) is 17.4. The number of aliphatic hydroxyl groups excluding tert-OH is 1. The van der Waals surface area contributed by atoms with E-state index in [9.17, 15) is 19.1 Å². The lowest BCUT2D eigenvalue weighted by atomic mass is 9.95. The van der Waals surface area contributed by atoms with Gasteiger partial charge in [0, 0.05) is 11.6 Å². The van der Waals surface area contributed by atoms with Gasteiger partial charge in [0.25, 0.3) is 5.78 Å². The third-order valence-corrected chi connectivity index (χ3v) is 5.87. The fourth-order valence-corrected chi connectivity index (χ4v) is 4.10. The second-order valence-corrected chi connectivity index (χ2v) is 8.32. The van der Waals surface area contributed by atoms with Crippen LogP contribution in [0.5, 0.6) is 5.75 Å². The summed E-state index contributed by atoms with van der Waals surface area (Å²) in [6.45, 7) is 2.04. The van der Waals surface area contributed by atoms with E-state index in [-0.39, 0.29) is 17.0 Å². The molecule has 1 aliphatic rings. The fourth-order valence-electron chi connectivity index (χ4n) is 4.10. The standard InChI is InChI=1S/C28H21FN2O5/c1-17-15-23(30-36-17)31-25(19-9-13-22(14-10-19)35-16-18-5-3-2-4-6-18)24(27(33)28(31)34)26(32)20-7-11-21(29)12-8-20/h2-15,25,32H,16H2,1H3/b26-24+/t25-/m1/s1. The van der Waals surface area contributed by atoms with Crippen LogP contribution in [-0.4, -0.2) is 22.0 Å². The molecular formula is C28H21FN2O5. The zero-order valence-corrected chi connectivity index (χ0v) is 19.2. The van der Waals surface area contributed by atoms with E-state index in [4.69, 9.17) is 9.26 Å². The Morgan fingerprint density at radius 2 is 1.72 bits per heavy atom. The number of nitrogens with zero attached hydrogens (tertiary/aromatic N) is 2. The number of ether oxygens (including phenoxy) is 1. The van der Waals surface area contributed by atoms with Crippen LogP contribution in [0.25, 0.3) is 5.76 Å². The number of ketones is 1. The summed E-state index contributed by atoms with van der Waals surface area (Å²) in [5.41, 5.74) is 1.63. The predicted molar refractivity (Wildman–Crippen MR) is 130 cm³/mol. The van der Waals surface area contributed by atoms with Crippen molar-refractivity contribution in [1.82, 2.24) is 5.16 Å². The number of carbonyl (C=O) groups excluding carboxylic acids is 2. The molecule has 7 nitrogen and oxygen atoms in total. The maximum absolute atomic E-state index is 13.4. The highest BCUT2D eigenvalue weighted by Crippen LogP contribution is 2.42. The van der Waals surface area contributed by atoms with Gasteiger partial charge in [-0.1, -0.05) is 47.6 Å². The molecule has 2 heterocycles. The van der Waals surface area contributed by atoms with Gasteiger partial charge >= 0.3 is 5.91 Å². The molecule has 0 bridgehead atoms. The van der Waals surface area contributed by atoms with Crippen molar-refractivity contribution in [3.8, 4) is 5.75 Å². The molecule has 8 heteroatoms. The summed E-state index contributed by atoms with van der Waals surface area (Å²) in [6, 6.07) is 22.2. The lowest BCUT2D eigenvalue weighted by Crippen LogP contribution is -2.29. The molecule has 0 saturated carbocycles.